The fraction of sp³-hybridized carbons (Fsp3) is 0.182. The third-order valence-corrected chi connectivity index (χ3v) is 6.01. The number of aryl methyl sites for hydroxylation is 2. The second kappa shape index (κ2) is 8.68. The van der Waals surface area contributed by atoms with Crippen molar-refractivity contribution in [3.8, 4) is 16.4 Å². The van der Waals surface area contributed by atoms with Gasteiger partial charge in [0.15, 0.2) is 11.7 Å². The molecule has 7 nitrogen and oxygen atoms in total. The Morgan fingerprint density at radius 3 is 2.75 bits per heavy atom. The van der Waals surface area contributed by atoms with Crippen LogP contribution in [-0.2, 0) is 4.74 Å². The number of hydrogen-bond acceptors (Lipinski definition) is 7. The number of aromatic nitrogens is 3. The van der Waals surface area contributed by atoms with Crippen LogP contribution in [0.4, 0.5) is 4.39 Å². The average molecular weight is 474 g/mol. The van der Waals surface area contributed by atoms with Crippen molar-refractivity contribution in [1.82, 2.24) is 14.7 Å². The highest BCUT2D eigenvalue weighted by molar-refractivity contribution is 7.12. The number of halogens is 2. The number of nitrogens with zero attached hydrogens (tertiary/aromatic N) is 3. The third kappa shape index (κ3) is 3.85. The summed E-state index contributed by atoms with van der Waals surface area (Å²) in [5.74, 6) is -1.78. The summed E-state index contributed by atoms with van der Waals surface area (Å²) in [6.07, 6.45) is 1.68. The van der Waals surface area contributed by atoms with Gasteiger partial charge in [0.05, 0.1) is 10.6 Å². The Balaban J connectivity index is 1.57. The van der Waals surface area contributed by atoms with Gasteiger partial charge in [-0.05, 0) is 39.0 Å². The smallest absolute Gasteiger partial charge is 0.344 e. The van der Waals surface area contributed by atoms with Crippen LogP contribution in [0.15, 0.2) is 40.4 Å². The number of ether oxygens (including phenoxy) is 1. The van der Waals surface area contributed by atoms with E-state index in [4.69, 9.17) is 20.9 Å². The zero-order valence-corrected chi connectivity index (χ0v) is 18.9. The number of carbonyl (C=O) groups is 2. The van der Waals surface area contributed by atoms with Gasteiger partial charge in [0, 0.05) is 28.5 Å². The van der Waals surface area contributed by atoms with Crippen molar-refractivity contribution in [2.24, 2.45) is 0 Å². The van der Waals surface area contributed by atoms with Crippen molar-refractivity contribution >= 4 is 34.7 Å². The molecule has 0 bridgehead atoms. The maximum absolute atomic E-state index is 14.3. The number of thiazole rings is 1. The SMILES string of the molecule is Cc1onc(-c2c(F)cccc2Cl)c1C(=O)OCC(=O)c1cc(C)n(-c2nccs2)c1C. The van der Waals surface area contributed by atoms with Gasteiger partial charge in [-0.25, -0.2) is 14.2 Å². The van der Waals surface area contributed by atoms with Crippen LogP contribution in [0.2, 0.25) is 5.02 Å². The van der Waals surface area contributed by atoms with Crippen LogP contribution in [0.3, 0.4) is 0 Å². The molecule has 164 valence electrons. The average Bonchev–Trinajstić information content (AvgIpc) is 3.46. The van der Waals surface area contributed by atoms with E-state index in [1.807, 2.05) is 16.9 Å². The van der Waals surface area contributed by atoms with Gasteiger partial charge in [0.1, 0.15) is 22.8 Å². The van der Waals surface area contributed by atoms with Gasteiger partial charge < -0.3 is 9.26 Å². The number of rotatable bonds is 6. The van der Waals surface area contributed by atoms with E-state index < -0.39 is 18.4 Å². The molecule has 3 aromatic heterocycles. The van der Waals surface area contributed by atoms with E-state index in [0.29, 0.717) is 11.3 Å². The zero-order valence-electron chi connectivity index (χ0n) is 17.3. The van der Waals surface area contributed by atoms with Crippen LogP contribution >= 0.6 is 22.9 Å². The maximum Gasteiger partial charge on any atom is 0.344 e. The molecular formula is C22H17ClFN3O4S. The molecule has 0 N–H and O–H groups in total. The Bertz CT molecular complexity index is 1310. The van der Waals surface area contributed by atoms with E-state index in [0.717, 1.165) is 10.8 Å². The summed E-state index contributed by atoms with van der Waals surface area (Å²) in [6.45, 7) is 4.65. The van der Waals surface area contributed by atoms with Crippen LogP contribution < -0.4 is 0 Å². The van der Waals surface area contributed by atoms with E-state index >= 15 is 0 Å². The molecular weight excluding hydrogens is 457 g/mol. The van der Waals surface area contributed by atoms with Gasteiger partial charge in [-0.1, -0.05) is 22.8 Å². The Labute approximate surface area is 191 Å². The fourth-order valence-electron chi connectivity index (χ4n) is 3.45. The van der Waals surface area contributed by atoms with Gasteiger partial charge in [-0.3, -0.25) is 9.36 Å². The van der Waals surface area contributed by atoms with E-state index in [-0.39, 0.29) is 33.4 Å². The second-order valence-electron chi connectivity index (χ2n) is 6.99. The Kier molecular flexibility index (Phi) is 5.94. The standard InChI is InChI=1S/C22H17ClFN3O4S/c1-11-9-14(12(2)27(11)22-25-7-8-32-22)17(28)10-30-21(29)18-13(3)31-26-20(18)19-15(23)5-4-6-16(19)24/h4-9H,10H2,1-3H3. The van der Waals surface area contributed by atoms with E-state index in [1.165, 1.54) is 36.5 Å². The first kappa shape index (κ1) is 21.9. The lowest BCUT2D eigenvalue weighted by molar-refractivity contribution is 0.0473. The largest absolute Gasteiger partial charge is 0.454 e. The lowest BCUT2D eigenvalue weighted by atomic mass is 10.1. The molecule has 3 heterocycles. The number of hydrogen-bond donors (Lipinski definition) is 0. The van der Waals surface area contributed by atoms with Crippen molar-refractivity contribution in [3.63, 3.8) is 0 Å². The molecule has 0 saturated heterocycles. The predicted octanol–water partition coefficient (Wildman–Crippen LogP) is 5.35. The first-order chi connectivity index (χ1) is 15.3. The molecule has 4 rings (SSSR count). The fourth-order valence-corrected chi connectivity index (χ4v) is 4.46. The Hall–Kier alpha value is -3.30. The highest BCUT2D eigenvalue weighted by Crippen LogP contribution is 2.33. The minimum absolute atomic E-state index is 0.0676. The summed E-state index contributed by atoms with van der Waals surface area (Å²) < 4.78 is 26.5. The first-order valence-corrected chi connectivity index (χ1v) is 10.7. The van der Waals surface area contributed by atoms with Crippen LogP contribution in [0.1, 0.15) is 37.9 Å². The third-order valence-electron chi connectivity index (χ3n) is 4.94. The van der Waals surface area contributed by atoms with Crippen LogP contribution in [0.25, 0.3) is 16.4 Å². The first-order valence-electron chi connectivity index (χ1n) is 9.49. The number of carbonyl (C=O) groups excluding carboxylic acids is 2. The summed E-state index contributed by atoms with van der Waals surface area (Å²) in [6, 6.07) is 5.83. The monoisotopic (exact) mass is 473 g/mol. The molecule has 10 heteroatoms. The van der Waals surface area contributed by atoms with Gasteiger partial charge in [0.2, 0.25) is 5.78 Å². The van der Waals surface area contributed by atoms with Gasteiger partial charge in [-0.2, -0.15) is 0 Å². The molecule has 0 atom stereocenters. The van der Waals surface area contributed by atoms with Crippen LogP contribution in [0, 0.1) is 26.6 Å². The molecule has 0 unspecified atom stereocenters. The van der Waals surface area contributed by atoms with E-state index in [2.05, 4.69) is 10.1 Å². The molecule has 32 heavy (non-hydrogen) atoms. The Morgan fingerprint density at radius 2 is 2.06 bits per heavy atom. The lowest BCUT2D eigenvalue weighted by Gasteiger charge is -2.07. The molecule has 0 fully saturated rings. The highest BCUT2D eigenvalue weighted by atomic mass is 35.5. The molecule has 4 aromatic rings. The number of ketones is 1. The van der Waals surface area contributed by atoms with E-state index in [1.54, 1.807) is 19.2 Å². The molecule has 1 aromatic carbocycles. The summed E-state index contributed by atoms with van der Waals surface area (Å²) in [5.41, 5.74) is 1.71. The summed E-state index contributed by atoms with van der Waals surface area (Å²) >= 11 is 7.55. The van der Waals surface area contributed by atoms with Crippen LogP contribution in [0.5, 0.6) is 0 Å². The second-order valence-corrected chi connectivity index (χ2v) is 8.27. The van der Waals surface area contributed by atoms with Crippen LogP contribution in [-0.4, -0.2) is 33.1 Å². The molecule has 0 saturated carbocycles. The summed E-state index contributed by atoms with van der Waals surface area (Å²) in [5, 5.41) is 6.43. The topological polar surface area (TPSA) is 87.2 Å². The maximum atomic E-state index is 14.3. The molecule has 0 aliphatic heterocycles. The lowest BCUT2D eigenvalue weighted by Crippen LogP contribution is -2.16. The number of benzene rings is 1. The Morgan fingerprint density at radius 1 is 1.28 bits per heavy atom. The van der Waals surface area contributed by atoms with Gasteiger partial charge >= 0.3 is 5.97 Å². The quantitative estimate of drug-likeness (QED) is 0.277. The minimum atomic E-state index is -0.861. The zero-order chi connectivity index (χ0) is 23.0. The summed E-state index contributed by atoms with van der Waals surface area (Å²) in [4.78, 5) is 29.8. The number of esters is 1. The summed E-state index contributed by atoms with van der Waals surface area (Å²) in [7, 11) is 0. The van der Waals surface area contributed by atoms with Crippen molar-refractivity contribution in [2.75, 3.05) is 6.61 Å². The molecule has 0 aliphatic rings. The number of Topliss-reactive ketones (excluding diaryl/α,β-unsaturated/α-hetero) is 1. The van der Waals surface area contributed by atoms with Crippen molar-refractivity contribution in [3.05, 3.63) is 75.0 Å². The van der Waals surface area contributed by atoms with Gasteiger partial charge in [0.25, 0.3) is 0 Å². The molecule has 0 radical (unpaired) electrons. The molecule has 0 aliphatic carbocycles. The van der Waals surface area contributed by atoms with Gasteiger partial charge in [-0.15, -0.1) is 11.3 Å². The van der Waals surface area contributed by atoms with Crippen molar-refractivity contribution in [1.29, 1.82) is 0 Å². The molecule has 0 spiro atoms. The highest BCUT2D eigenvalue weighted by Gasteiger charge is 2.27. The predicted molar refractivity (Wildman–Crippen MR) is 117 cm³/mol. The molecule has 0 amide bonds. The van der Waals surface area contributed by atoms with Crippen molar-refractivity contribution < 1.29 is 23.2 Å². The van der Waals surface area contributed by atoms with Crippen molar-refractivity contribution in [2.45, 2.75) is 20.8 Å². The van der Waals surface area contributed by atoms with E-state index in [9.17, 15) is 14.0 Å². The normalized spacial score (nSPS) is 11.0. The minimum Gasteiger partial charge on any atom is -0.454 e.